The molecule has 0 aliphatic heterocycles. The Morgan fingerprint density at radius 2 is 1.94 bits per heavy atom. The van der Waals surface area contributed by atoms with E-state index in [9.17, 15) is 9.59 Å². The summed E-state index contributed by atoms with van der Waals surface area (Å²) in [5.74, 6) is -1.17. The van der Waals surface area contributed by atoms with Gasteiger partial charge in [0.1, 0.15) is 6.04 Å². The maximum absolute atomic E-state index is 11.4. The molecule has 1 rings (SSSR count). The van der Waals surface area contributed by atoms with Crippen molar-refractivity contribution in [2.24, 2.45) is 0 Å². The van der Waals surface area contributed by atoms with Crippen LogP contribution in [0.4, 0.5) is 0 Å². The molecule has 0 bridgehead atoms. The number of rotatable bonds is 7. The third kappa shape index (κ3) is 4.99. The molecule has 1 amide bonds. The molecular formula is C14H19NO3. The summed E-state index contributed by atoms with van der Waals surface area (Å²) in [6.07, 6.45) is 2.14. The van der Waals surface area contributed by atoms with Crippen LogP contribution in [0.25, 0.3) is 0 Å². The van der Waals surface area contributed by atoms with Gasteiger partial charge in [-0.3, -0.25) is 4.79 Å². The number of carbonyl (C=O) groups is 2. The molecule has 4 heteroatoms. The molecular weight excluding hydrogens is 230 g/mol. The van der Waals surface area contributed by atoms with Crippen molar-refractivity contribution in [1.82, 2.24) is 5.32 Å². The van der Waals surface area contributed by atoms with Gasteiger partial charge in [0.25, 0.3) is 0 Å². The topological polar surface area (TPSA) is 66.4 Å². The van der Waals surface area contributed by atoms with Crippen molar-refractivity contribution in [2.75, 3.05) is 0 Å². The van der Waals surface area contributed by atoms with Crippen molar-refractivity contribution in [3.63, 3.8) is 0 Å². The monoisotopic (exact) mass is 249 g/mol. The Labute approximate surface area is 107 Å². The average Bonchev–Trinajstić information content (AvgIpc) is 2.35. The van der Waals surface area contributed by atoms with Crippen LogP contribution in [0.2, 0.25) is 0 Å². The molecule has 0 aliphatic carbocycles. The average molecular weight is 249 g/mol. The number of aliphatic carboxylic acids is 1. The van der Waals surface area contributed by atoms with Gasteiger partial charge in [0.15, 0.2) is 0 Å². The Balaban J connectivity index is 2.48. The smallest absolute Gasteiger partial charge is 0.326 e. The van der Waals surface area contributed by atoms with Crippen LogP contribution in [-0.4, -0.2) is 23.0 Å². The highest BCUT2D eigenvalue weighted by Crippen LogP contribution is 2.05. The number of hydrogen-bond donors (Lipinski definition) is 2. The molecule has 1 unspecified atom stereocenters. The number of hydrogen-bond acceptors (Lipinski definition) is 2. The zero-order valence-corrected chi connectivity index (χ0v) is 10.6. The number of carboxylic acids is 1. The van der Waals surface area contributed by atoms with E-state index < -0.39 is 12.0 Å². The van der Waals surface area contributed by atoms with E-state index in [4.69, 9.17) is 5.11 Å². The summed E-state index contributed by atoms with van der Waals surface area (Å²) < 4.78 is 0. The largest absolute Gasteiger partial charge is 0.480 e. The van der Waals surface area contributed by atoms with Gasteiger partial charge in [-0.25, -0.2) is 4.79 Å². The highest BCUT2D eigenvalue weighted by atomic mass is 16.4. The van der Waals surface area contributed by atoms with Crippen LogP contribution >= 0.6 is 0 Å². The van der Waals surface area contributed by atoms with E-state index in [1.807, 2.05) is 37.3 Å². The lowest BCUT2D eigenvalue weighted by Crippen LogP contribution is -2.40. The Morgan fingerprint density at radius 3 is 2.50 bits per heavy atom. The number of benzene rings is 1. The minimum Gasteiger partial charge on any atom is -0.480 e. The van der Waals surface area contributed by atoms with E-state index in [0.717, 1.165) is 12.0 Å². The summed E-state index contributed by atoms with van der Waals surface area (Å²) in [6.45, 7) is 1.89. The van der Waals surface area contributed by atoms with Crippen LogP contribution in [0.1, 0.15) is 31.7 Å². The molecule has 2 N–H and O–H groups in total. The fraction of sp³-hybridized carbons (Fsp3) is 0.429. The van der Waals surface area contributed by atoms with E-state index in [1.54, 1.807) is 0 Å². The normalized spacial score (nSPS) is 11.8. The van der Waals surface area contributed by atoms with E-state index in [0.29, 0.717) is 19.3 Å². The third-order valence-electron chi connectivity index (χ3n) is 2.67. The van der Waals surface area contributed by atoms with Crippen molar-refractivity contribution < 1.29 is 14.7 Å². The first-order valence-electron chi connectivity index (χ1n) is 6.19. The molecule has 0 saturated heterocycles. The van der Waals surface area contributed by atoms with Crippen molar-refractivity contribution >= 4 is 11.9 Å². The second-order valence-electron chi connectivity index (χ2n) is 4.23. The summed E-state index contributed by atoms with van der Waals surface area (Å²) in [4.78, 5) is 22.4. The summed E-state index contributed by atoms with van der Waals surface area (Å²) in [5, 5.41) is 11.6. The van der Waals surface area contributed by atoms with Gasteiger partial charge in [-0.2, -0.15) is 0 Å². The number of aryl methyl sites for hydroxylation is 1. The van der Waals surface area contributed by atoms with Crippen molar-refractivity contribution in [1.29, 1.82) is 0 Å². The molecule has 18 heavy (non-hydrogen) atoms. The first-order valence-corrected chi connectivity index (χ1v) is 6.19. The fourth-order valence-electron chi connectivity index (χ4n) is 1.71. The zero-order valence-electron chi connectivity index (χ0n) is 10.6. The predicted octanol–water partition coefficient (Wildman–Crippen LogP) is 1.99. The fourth-order valence-corrected chi connectivity index (χ4v) is 1.71. The van der Waals surface area contributed by atoms with Gasteiger partial charge in [0, 0.05) is 6.42 Å². The van der Waals surface area contributed by atoms with Gasteiger partial charge >= 0.3 is 5.97 Å². The van der Waals surface area contributed by atoms with Crippen LogP contribution in [0.3, 0.4) is 0 Å². The van der Waals surface area contributed by atoms with E-state index in [1.165, 1.54) is 0 Å². The van der Waals surface area contributed by atoms with Gasteiger partial charge in [-0.1, -0.05) is 37.3 Å². The highest BCUT2D eigenvalue weighted by molar-refractivity contribution is 5.83. The molecule has 0 radical (unpaired) electrons. The molecule has 1 aromatic carbocycles. The van der Waals surface area contributed by atoms with Crippen molar-refractivity contribution in [3.8, 4) is 0 Å². The number of carbonyl (C=O) groups excluding carboxylic acids is 1. The standard InChI is InChI=1S/C14H19NO3/c1-2-6-13(16)15-12(14(17)18)10-9-11-7-4-3-5-8-11/h3-5,7-8,12H,2,6,9-10H2,1H3,(H,15,16)(H,17,18). The minimum atomic E-state index is -0.976. The lowest BCUT2D eigenvalue weighted by Gasteiger charge is -2.14. The van der Waals surface area contributed by atoms with Gasteiger partial charge in [-0.05, 0) is 24.8 Å². The molecule has 0 spiro atoms. The molecule has 0 aliphatic rings. The van der Waals surface area contributed by atoms with Crippen LogP contribution in [-0.2, 0) is 16.0 Å². The van der Waals surface area contributed by atoms with E-state index >= 15 is 0 Å². The van der Waals surface area contributed by atoms with Crippen molar-refractivity contribution in [3.05, 3.63) is 35.9 Å². The Kier molecular flexibility index (Phi) is 5.91. The van der Waals surface area contributed by atoms with E-state index in [-0.39, 0.29) is 5.91 Å². The molecule has 98 valence electrons. The van der Waals surface area contributed by atoms with Gasteiger partial charge in [0.05, 0.1) is 0 Å². The lowest BCUT2D eigenvalue weighted by atomic mass is 10.1. The third-order valence-corrected chi connectivity index (χ3v) is 2.67. The molecule has 0 fully saturated rings. The number of nitrogens with one attached hydrogen (secondary N) is 1. The second-order valence-corrected chi connectivity index (χ2v) is 4.23. The van der Waals surface area contributed by atoms with Crippen LogP contribution in [0, 0.1) is 0 Å². The summed E-state index contributed by atoms with van der Waals surface area (Å²) in [7, 11) is 0. The number of amides is 1. The second kappa shape index (κ2) is 7.48. The quantitative estimate of drug-likeness (QED) is 0.776. The summed E-state index contributed by atoms with van der Waals surface area (Å²) in [6, 6.07) is 8.85. The zero-order chi connectivity index (χ0) is 13.4. The highest BCUT2D eigenvalue weighted by Gasteiger charge is 2.18. The molecule has 0 saturated carbocycles. The van der Waals surface area contributed by atoms with Crippen LogP contribution < -0.4 is 5.32 Å². The lowest BCUT2D eigenvalue weighted by molar-refractivity contribution is -0.142. The first kappa shape index (κ1) is 14.2. The van der Waals surface area contributed by atoms with Gasteiger partial charge in [0.2, 0.25) is 5.91 Å². The van der Waals surface area contributed by atoms with Crippen molar-refractivity contribution in [2.45, 2.75) is 38.6 Å². The molecule has 1 atom stereocenters. The predicted molar refractivity (Wildman–Crippen MR) is 69.2 cm³/mol. The Morgan fingerprint density at radius 1 is 1.28 bits per heavy atom. The molecule has 4 nitrogen and oxygen atoms in total. The summed E-state index contributed by atoms with van der Waals surface area (Å²) >= 11 is 0. The Bertz CT molecular complexity index is 389. The molecule has 0 heterocycles. The maximum atomic E-state index is 11.4. The Hall–Kier alpha value is -1.84. The number of carboxylic acid groups (broad SMARTS) is 1. The maximum Gasteiger partial charge on any atom is 0.326 e. The molecule has 1 aromatic rings. The van der Waals surface area contributed by atoms with Crippen LogP contribution in [0.5, 0.6) is 0 Å². The van der Waals surface area contributed by atoms with E-state index in [2.05, 4.69) is 5.32 Å². The van der Waals surface area contributed by atoms with Gasteiger partial charge in [-0.15, -0.1) is 0 Å². The summed E-state index contributed by atoms with van der Waals surface area (Å²) in [5.41, 5.74) is 1.08. The SMILES string of the molecule is CCCC(=O)NC(CCc1ccccc1)C(=O)O. The first-order chi connectivity index (χ1) is 8.63. The van der Waals surface area contributed by atoms with Gasteiger partial charge < -0.3 is 10.4 Å². The van der Waals surface area contributed by atoms with Crippen LogP contribution in [0.15, 0.2) is 30.3 Å². The molecule has 0 aromatic heterocycles. The minimum absolute atomic E-state index is 0.196.